The van der Waals surface area contributed by atoms with E-state index >= 15 is 0 Å². The number of fused-ring (bicyclic) bond motifs is 1. The van der Waals surface area contributed by atoms with Crippen LogP contribution in [0.2, 0.25) is 0 Å². The van der Waals surface area contributed by atoms with Crippen LogP contribution in [0.25, 0.3) is 0 Å². The predicted octanol–water partition coefficient (Wildman–Crippen LogP) is 2.43. The zero-order chi connectivity index (χ0) is 11.7. The predicted molar refractivity (Wildman–Crippen MR) is 64.4 cm³/mol. The third-order valence-corrected chi connectivity index (χ3v) is 2.82. The lowest BCUT2D eigenvalue weighted by atomic mass is 10.00. The molecule has 0 bridgehead atoms. The van der Waals surface area contributed by atoms with E-state index in [1.54, 1.807) is 0 Å². The molecule has 0 saturated heterocycles. The third-order valence-electron chi connectivity index (χ3n) is 2.82. The lowest BCUT2D eigenvalue weighted by Crippen LogP contribution is -2.36. The molecule has 3 rings (SSSR count). The highest BCUT2D eigenvalue weighted by Gasteiger charge is 2.27. The Kier molecular flexibility index (Phi) is 2.55. The lowest BCUT2D eigenvalue weighted by Gasteiger charge is -2.30. The SMILES string of the molecule is NC1Oc2ccccc2C(c2ccccc2)O1. The van der Waals surface area contributed by atoms with Gasteiger partial charge in [0.15, 0.2) is 0 Å². The largest absolute Gasteiger partial charge is 0.451 e. The van der Waals surface area contributed by atoms with Gasteiger partial charge in [-0.2, -0.15) is 0 Å². The molecule has 0 spiro atoms. The van der Waals surface area contributed by atoms with Crippen molar-refractivity contribution in [3.8, 4) is 5.75 Å². The maximum atomic E-state index is 5.73. The quantitative estimate of drug-likeness (QED) is 0.813. The maximum absolute atomic E-state index is 5.73. The van der Waals surface area contributed by atoms with Crippen LogP contribution in [0.1, 0.15) is 17.2 Å². The molecule has 0 aliphatic carbocycles. The van der Waals surface area contributed by atoms with Gasteiger partial charge in [0.25, 0.3) is 6.41 Å². The Balaban J connectivity index is 2.07. The standard InChI is InChI=1S/C14H13NO2/c15-14-16-12-9-5-4-8-11(12)13(17-14)10-6-2-1-3-7-10/h1-9,13-14H,15H2. The van der Waals surface area contributed by atoms with Crippen LogP contribution < -0.4 is 10.5 Å². The molecule has 3 heteroatoms. The Labute approximate surface area is 99.8 Å². The van der Waals surface area contributed by atoms with Crippen LogP contribution in [0.4, 0.5) is 0 Å². The summed E-state index contributed by atoms with van der Waals surface area (Å²) in [5, 5.41) is 0. The van der Waals surface area contributed by atoms with Gasteiger partial charge >= 0.3 is 0 Å². The Hall–Kier alpha value is -1.84. The maximum Gasteiger partial charge on any atom is 0.257 e. The Bertz CT molecular complexity index is 513. The summed E-state index contributed by atoms with van der Waals surface area (Å²) in [7, 11) is 0. The van der Waals surface area contributed by atoms with Crippen molar-refractivity contribution in [2.75, 3.05) is 0 Å². The van der Waals surface area contributed by atoms with Crippen LogP contribution >= 0.6 is 0 Å². The van der Waals surface area contributed by atoms with E-state index in [1.165, 1.54) is 0 Å². The van der Waals surface area contributed by atoms with Crippen molar-refractivity contribution in [1.29, 1.82) is 0 Å². The second kappa shape index (κ2) is 4.20. The van der Waals surface area contributed by atoms with Gasteiger partial charge in [-0.25, -0.2) is 0 Å². The second-order valence-corrected chi connectivity index (χ2v) is 3.95. The number of hydrogen-bond donors (Lipinski definition) is 1. The average molecular weight is 227 g/mol. The van der Waals surface area contributed by atoms with Gasteiger partial charge in [0.05, 0.1) is 0 Å². The summed E-state index contributed by atoms with van der Waals surface area (Å²) < 4.78 is 11.1. The lowest BCUT2D eigenvalue weighted by molar-refractivity contribution is -0.123. The monoisotopic (exact) mass is 227 g/mol. The second-order valence-electron chi connectivity index (χ2n) is 3.95. The van der Waals surface area contributed by atoms with E-state index in [-0.39, 0.29) is 6.10 Å². The van der Waals surface area contributed by atoms with Gasteiger partial charge in [-0.1, -0.05) is 48.5 Å². The van der Waals surface area contributed by atoms with E-state index in [1.807, 2.05) is 54.6 Å². The molecule has 0 saturated carbocycles. The van der Waals surface area contributed by atoms with Gasteiger partial charge in [-0.05, 0) is 11.6 Å². The van der Waals surface area contributed by atoms with Gasteiger partial charge < -0.3 is 9.47 Å². The molecule has 1 heterocycles. The van der Waals surface area contributed by atoms with Crippen molar-refractivity contribution in [1.82, 2.24) is 0 Å². The van der Waals surface area contributed by atoms with E-state index in [0.29, 0.717) is 0 Å². The summed E-state index contributed by atoms with van der Waals surface area (Å²) >= 11 is 0. The molecule has 1 aliphatic rings. The fourth-order valence-corrected chi connectivity index (χ4v) is 2.05. The first kappa shape index (κ1) is 10.3. The van der Waals surface area contributed by atoms with E-state index < -0.39 is 6.41 Å². The summed E-state index contributed by atoms with van der Waals surface area (Å²) in [6.07, 6.45) is -0.869. The molecule has 1 aliphatic heterocycles. The van der Waals surface area contributed by atoms with Crippen LogP contribution in [0.3, 0.4) is 0 Å². The smallest absolute Gasteiger partial charge is 0.257 e. The summed E-state index contributed by atoms with van der Waals surface area (Å²) in [6, 6.07) is 17.8. The molecular formula is C14H13NO2. The molecule has 0 fully saturated rings. The highest BCUT2D eigenvalue weighted by molar-refractivity contribution is 5.41. The van der Waals surface area contributed by atoms with Crippen molar-refractivity contribution in [2.45, 2.75) is 12.5 Å². The van der Waals surface area contributed by atoms with Crippen molar-refractivity contribution in [3.05, 3.63) is 65.7 Å². The molecule has 2 N–H and O–H groups in total. The number of para-hydroxylation sites is 1. The first-order chi connectivity index (χ1) is 8.34. The van der Waals surface area contributed by atoms with Crippen molar-refractivity contribution in [2.24, 2.45) is 5.73 Å². The topological polar surface area (TPSA) is 44.5 Å². The third kappa shape index (κ3) is 1.90. The number of hydrogen-bond acceptors (Lipinski definition) is 3. The van der Waals surface area contributed by atoms with Crippen LogP contribution in [0.15, 0.2) is 54.6 Å². The van der Waals surface area contributed by atoms with E-state index in [9.17, 15) is 0 Å². The number of benzene rings is 2. The molecule has 2 atom stereocenters. The van der Waals surface area contributed by atoms with E-state index in [2.05, 4.69) is 0 Å². The van der Waals surface area contributed by atoms with Crippen molar-refractivity contribution < 1.29 is 9.47 Å². The van der Waals surface area contributed by atoms with Crippen LogP contribution in [0.5, 0.6) is 5.75 Å². The first-order valence-electron chi connectivity index (χ1n) is 5.56. The molecular weight excluding hydrogens is 214 g/mol. The fraction of sp³-hybridized carbons (Fsp3) is 0.143. The summed E-state index contributed by atoms with van der Waals surface area (Å²) in [5.41, 5.74) is 7.83. The summed E-state index contributed by atoms with van der Waals surface area (Å²) in [6.45, 7) is 0. The molecule has 2 unspecified atom stereocenters. The molecule has 0 aromatic heterocycles. The minimum atomic E-state index is -0.713. The molecule has 3 nitrogen and oxygen atoms in total. The van der Waals surface area contributed by atoms with Crippen molar-refractivity contribution in [3.63, 3.8) is 0 Å². The number of ether oxygens (including phenoxy) is 2. The Morgan fingerprint density at radius 1 is 0.882 bits per heavy atom. The molecule has 17 heavy (non-hydrogen) atoms. The molecule has 0 amide bonds. The van der Waals surface area contributed by atoms with Gasteiger partial charge in [0.1, 0.15) is 11.9 Å². The van der Waals surface area contributed by atoms with Gasteiger partial charge in [0, 0.05) is 5.56 Å². The van der Waals surface area contributed by atoms with Gasteiger partial charge in [-0.15, -0.1) is 0 Å². The zero-order valence-electron chi connectivity index (χ0n) is 9.24. The van der Waals surface area contributed by atoms with E-state index in [4.69, 9.17) is 15.2 Å². The molecule has 86 valence electrons. The average Bonchev–Trinajstić information content (AvgIpc) is 2.39. The number of rotatable bonds is 1. The Morgan fingerprint density at radius 3 is 2.41 bits per heavy atom. The molecule has 2 aromatic carbocycles. The fourth-order valence-electron chi connectivity index (χ4n) is 2.05. The van der Waals surface area contributed by atoms with Crippen LogP contribution in [0, 0.1) is 0 Å². The van der Waals surface area contributed by atoms with Crippen LogP contribution in [-0.4, -0.2) is 6.41 Å². The summed E-state index contributed by atoms with van der Waals surface area (Å²) in [4.78, 5) is 0. The van der Waals surface area contributed by atoms with Crippen LogP contribution in [-0.2, 0) is 4.74 Å². The van der Waals surface area contributed by atoms with Gasteiger partial charge in [0.2, 0.25) is 0 Å². The highest BCUT2D eigenvalue weighted by Crippen LogP contribution is 2.37. The number of nitrogens with two attached hydrogens (primary N) is 1. The van der Waals surface area contributed by atoms with E-state index in [0.717, 1.165) is 16.9 Å². The zero-order valence-corrected chi connectivity index (χ0v) is 9.24. The molecule has 2 aromatic rings. The Morgan fingerprint density at radius 2 is 1.59 bits per heavy atom. The van der Waals surface area contributed by atoms with Gasteiger partial charge in [-0.3, -0.25) is 5.73 Å². The molecule has 0 radical (unpaired) electrons. The minimum Gasteiger partial charge on any atom is -0.451 e. The van der Waals surface area contributed by atoms with Crippen molar-refractivity contribution >= 4 is 0 Å². The highest BCUT2D eigenvalue weighted by atomic mass is 16.7. The summed E-state index contributed by atoms with van der Waals surface area (Å²) in [5.74, 6) is 0.792. The minimum absolute atomic E-state index is 0.156. The normalized spacial score (nSPS) is 22.6. The first-order valence-corrected chi connectivity index (χ1v) is 5.56.